The van der Waals surface area contributed by atoms with Gasteiger partial charge in [0.25, 0.3) is 0 Å². The minimum Gasteiger partial charge on any atom is -0.291 e. The molecular weight excluding hydrogens is 388 g/mol. The highest BCUT2D eigenvalue weighted by Crippen LogP contribution is 2.19. The molecule has 9 nitrogen and oxygen atoms in total. The molecule has 10 heteroatoms. The van der Waals surface area contributed by atoms with Crippen molar-refractivity contribution in [2.45, 2.75) is 13.5 Å². The first-order chi connectivity index (χ1) is 14.1. The van der Waals surface area contributed by atoms with Crippen LogP contribution in [-0.2, 0) is 6.54 Å². The van der Waals surface area contributed by atoms with E-state index in [0.717, 1.165) is 11.3 Å². The number of amides is 2. The standard InChI is InChI=1S/C19H18N8OS/c1-2-27(29)19(28)25-17-7-6-15-18(24-17)23-16(10-21-15)13-9-22-26(11-13)12-14-5-3-4-8-20-14/h3-11,29H,2,12H2,1H3,(H,23,24,25,28). The fourth-order valence-electron chi connectivity index (χ4n) is 2.66. The van der Waals surface area contributed by atoms with E-state index in [0.29, 0.717) is 35.8 Å². The van der Waals surface area contributed by atoms with Gasteiger partial charge in [-0.2, -0.15) is 5.10 Å². The van der Waals surface area contributed by atoms with Crippen molar-refractivity contribution in [2.75, 3.05) is 11.9 Å². The topological polar surface area (TPSA) is 102 Å². The van der Waals surface area contributed by atoms with Crippen molar-refractivity contribution in [2.24, 2.45) is 0 Å². The number of thiol groups is 1. The Kier molecular flexibility index (Phi) is 5.34. The van der Waals surface area contributed by atoms with Crippen LogP contribution >= 0.6 is 12.8 Å². The average Bonchev–Trinajstić information content (AvgIpc) is 3.21. The highest BCUT2D eigenvalue weighted by atomic mass is 32.1. The summed E-state index contributed by atoms with van der Waals surface area (Å²) in [6.45, 7) is 2.86. The summed E-state index contributed by atoms with van der Waals surface area (Å²) in [5.74, 6) is 0.382. The number of fused-ring (bicyclic) bond motifs is 1. The highest BCUT2D eigenvalue weighted by molar-refractivity contribution is 7.78. The summed E-state index contributed by atoms with van der Waals surface area (Å²) in [5.41, 5.74) is 3.44. The fourth-order valence-corrected chi connectivity index (χ4v) is 2.71. The number of carbonyl (C=O) groups is 1. The van der Waals surface area contributed by atoms with E-state index in [1.807, 2.05) is 31.3 Å². The molecule has 0 aromatic carbocycles. The molecule has 0 saturated heterocycles. The molecule has 4 aromatic rings. The number of hydrogen-bond acceptors (Lipinski definition) is 7. The highest BCUT2D eigenvalue weighted by Gasteiger charge is 2.11. The van der Waals surface area contributed by atoms with Gasteiger partial charge in [-0.15, -0.1) is 0 Å². The Morgan fingerprint density at radius 3 is 2.86 bits per heavy atom. The summed E-state index contributed by atoms with van der Waals surface area (Å²) in [5, 5.41) is 7.05. The molecule has 0 radical (unpaired) electrons. The van der Waals surface area contributed by atoms with Gasteiger partial charge in [0.1, 0.15) is 11.3 Å². The van der Waals surface area contributed by atoms with E-state index in [2.05, 4.69) is 43.2 Å². The third kappa shape index (κ3) is 4.32. The lowest BCUT2D eigenvalue weighted by Crippen LogP contribution is -2.27. The third-order valence-corrected chi connectivity index (χ3v) is 4.62. The van der Waals surface area contributed by atoms with Crippen LogP contribution in [0.1, 0.15) is 12.6 Å². The summed E-state index contributed by atoms with van der Waals surface area (Å²) in [4.78, 5) is 29.6. The van der Waals surface area contributed by atoms with Gasteiger partial charge in [-0.3, -0.25) is 24.3 Å². The number of carbonyl (C=O) groups excluding carboxylic acids is 1. The van der Waals surface area contributed by atoms with Crippen LogP contribution in [0, 0.1) is 0 Å². The van der Waals surface area contributed by atoms with Crippen LogP contribution < -0.4 is 5.32 Å². The van der Waals surface area contributed by atoms with Crippen LogP contribution in [-0.4, -0.2) is 46.6 Å². The lowest BCUT2D eigenvalue weighted by atomic mass is 10.2. The number of aromatic nitrogens is 6. The van der Waals surface area contributed by atoms with E-state index in [9.17, 15) is 4.79 Å². The van der Waals surface area contributed by atoms with Gasteiger partial charge < -0.3 is 0 Å². The lowest BCUT2D eigenvalue weighted by molar-refractivity contribution is 0.240. The van der Waals surface area contributed by atoms with E-state index in [4.69, 9.17) is 0 Å². The summed E-state index contributed by atoms with van der Waals surface area (Å²) < 4.78 is 3.05. The maximum absolute atomic E-state index is 12.0. The van der Waals surface area contributed by atoms with Crippen molar-refractivity contribution < 1.29 is 4.79 Å². The second-order valence-corrected chi connectivity index (χ2v) is 6.67. The monoisotopic (exact) mass is 406 g/mol. The Morgan fingerprint density at radius 1 is 1.17 bits per heavy atom. The number of urea groups is 1. The molecule has 0 fully saturated rings. The average molecular weight is 406 g/mol. The number of rotatable bonds is 5. The first-order valence-corrected chi connectivity index (χ1v) is 9.36. The van der Waals surface area contributed by atoms with Crippen LogP contribution in [0.5, 0.6) is 0 Å². The Labute approximate surface area is 172 Å². The first kappa shape index (κ1) is 18.8. The molecule has 0 aliphatic carbocycles. The van der Waals surface area contributed by atoms with Crippen LogP contribution in [0.3, 0.4) is 0 Å². The zero-order valence-electron chi connectivity index (χ0n) is 15.6. The largest absolute Gasteiger partial charge is 0.332 e. The molecule has 0 unspecified atom stereocenters. The van der Waals surface area contributed by atoms with E-state index in [1.165, 1.54) is 4.31 Å². The van der Waals surface area contributed by atoms with Crippen molar-refractivity contribution >= 4 is 35.8 Å². The third-order valence-electron chi connectivity index (χ3n) is 4.15. The molecule has 0 atom stereocenters. The van der Waals surface area contributed by atoms with E-state index in [1.54, 1.807) is 35.4 Å². The van der Waals surface area contributed by atoms with E-state index >= 15 is 0 Å². The van der Waals surface area contributed by atoms with Crippen molar-refractivity contribution in [3.05, 3.63) is 60.8 Å². The molecule has 1 N–H and O–H groups in total. The molecule has 29 heavy (non-hydrogen) atoms. The first-order valence-electron chi connectivity index (χ1n) is 8.96. The predicted octanol–water partition coefficient (Wildman–Crippen LogP) is 3.03. The maximum Gasteiger partial charge on any atom is 0.332 e. The van der Waals surface area contributed by atoms with E-state index < -0.39 is 0 Å². The second-order valence-electron chi connectivity index (χ2n) is 6.19. The van der Waals surface area contributed by atoms with Crippen LogP contribution in [0.15, 0.2) is 55.1 Å². The quantitative estimate of drug-likeness (QED) is 0.494. The Morgan fingerprint density at radius 2 is 2.07 bits per heavy atom. The van der Waals surface area contributed by atoms with Gasteiger partial charge in [0.2, 0.25) is 0 Å². The molecule has 4 heterocycles. The van der Waals surface area contributed by atoms with Crippen molar-refractivity contribution in [3.63, 3.8) is 0 Å². The Hall–Kier alpha value is -3.53. The van der Waals surface area contributed by atoms with Gasteiger partial charge in [-0.1, -0.05) is 18.9 Å². The van der Waals surface area contributed by atoms with Gasteiger partial charge in [0.15, 0.2) is 5.65 Å². The SMILES string of the molecule is CCN(S)C(=O)Nc1ccc2ncc(-c3cnn(Cc4ccccn4)c3)nc2n1. The van der Waals surface area contributed by atoms with Crippen LogP contribution in [0.2, 0.25) is 0 Å². The number of nitrogens with one attached hydrogen (secondary N) is 1. The Balaban J connectivity index is 1.57. The summed E-state index contributed by atoms with van der Waals surface area (Å²) >= 11 is 4.08. The number of hydrogen-bond donors (Lipinski definition) is 2. The smallest absolute Gasteiger partial charge is 0.291 e. The van der Waals surface area contributed by atoms with Crippen molar-refractivity contribution in [3.8, 4) is 11.3 Å². The zero-order valence-corrected chi connectivity index (χ0v) is 16.5. The summed E-state index contributed by atoms with van der Waals surface area (Å²) in [6.07, 6.45) is 7.04. The molecule has 4 aromatic heterocycles. The Bertz CT molecular complexity index is 1150. The molecule has 0 aliphatic heterocycles. The predicted molar refractivity (Wildman–Crippen MR) is 112 cm³/mol. The van der Waals surface area contributed by atoms with Gasteiger partial charge in [0, 0.05) is 24.5 Å². The molecule has 2 amide bonds. The maximum atomic E-state index is 12.0. The summed E-state index contributed by atoms with van der Waals surface area (Å²) in [6, 6.07) is 8.84. The fraction of sp³-hybridized carbons (Fsp3) is 0.158. The zero-order chi connectivity index (χ0) is 20.2. The van der Waals surface area contributed by atoms with Crippen LogP contribution in [0.25, 0.3) is 22.4 Å². The van der Waals surface area contributed by atoms with Gasteiger partial charge in [-0.25, -0.2) is 14.8 Å². The van der Waals surface area contributed by atoms with Crippen molar-refractivity contribution in [1.82, 2.24) is 34.0 Å². The molecule has 0 bridgehead atoms. The molecule has 146 valence electrons. The van der Waals surface area contributed by atoms with E-state index in [-0.39, 0.29) is 6.03 Å². The minimum atomic E-state index is -0.359. The number of anilines is 1. The molecular formula is C19H18N8OS. The number of pyridine rings is 2. The molecule has 0 aliphatic rings. The van der Waals surface area contributed by atoms with Crippen molar-refractivity contribution in [1.29, 1.82) is 0 Å². The van der Waals surface area contributed by atoms with Crippen LogP contribution in [0.4, 0.5) is 10.6 Å². The molecule has 0 saturated carbocycles. The molecule has 4 rings (SSSR count). The lowest BCUT2D eigenvalue weighted by Gasteiger charge is -2.13. The minimum absolute atomic E-state index is 0.359. The molecule has 0 spiro atoms. The number of nitrogens with zero attached hydrogens (tertiary/aromatic N) is 7. The van der Waals surface area contributed by atoms with Gasteiger partial charge in [0.05, 0.1) is 30.3 Å². The van der Waals surface area contributed by atoms with Gasteiger partial charge in [-0.05, 0) is 31.2 Å². The summed E-state index contributed by atoms with van der Waals surface area (Å²) in [7, 11) is 0. The van der Waals surface area contributed by atoms with Gasteiger partial charge >= 0.3 is 6.03 Å². The normalized spacial score (nSPS) is 10.8. The second kappa shape index (κ2) is 8.23.